The second-order valence-electron chi connectivity index (χ2n) is 18.0. The van der Waals surface area contributed by atoms with E-state index in [4.69, 9.17) is 4.74 Å². The number of nitrogens with one attached hydrogen (secondary N) is 3. The van der Waals surface area contributed by atoms with Gasteiger partial charge < -0.3 is 46.6 Å². The Balaban J connectivity index is 0.000000305. The summed E-state index contributed by atoms with van der Waals surface area (Å²) in [4.78, 5) is 83.6. The van der Waals surface area contributed by atoms with Gasteiger partial charge in [0.2, 0.25) is 11.8 Å². The van der Waals surface area contributed by atoms with Crippen molar-refractivity contribution in [2.45, 2.75) is 50.8 Å². The van der Waals surface area contributed by atoms with Gasteiger partial charge in [0.1, 0.15) is 23.4 Å². The van der Waals surface area contributed by atoms with Crippen molar-refractivity contribution in [2.75, 3.05) is 62.7 Å². The van der Waals surface area contributed by atoms with Gasteiger partial charge in [0, 0.05) is 116 Å². The molecule has 72 heavy (non-hydrogen) atoms. The predicted octanol–water partition coefficient (Wildman–Crippen LogP) is 4.34. The summed E-state index contributed by atoms with van der Waals surface area (Å²) in [5.41, 5.74) is 4.98. The number of nitrogens with zero attached hydrogens (tertiary/aromatic N) is 6. The number of anilines is 3. The number of hydrogen-bond acceptors (Lipinski definition) is 12. The number of imide groups is 1. The molecule has 3 aliphatic heterocycles. The molecule has 1 aliphatic carbocycles. The number of aliphatic hydroxyl groups is 1. The number of aryl methyl sites for hydroxylation is 1. The SMILES string of the molecule is O=C1CCC(N2Cc3[c-]cccc3C2=O)C(=O)N1.[CH2-]C(=O)NCCOCCN1CCN(c2ccc(Nc3cc(-c4cccc(-n5ccc6cc(C7CC7)cc(F)c6c5=O)c4CO)cn(C)c3=O)nc2)CC1.[Y]. The van der Waals surface area contributed by atoms with Gasteiger partial charge in [-0.3, -0.25) is 38.8 Å². The van der Waals surface area contributed by atoms with Crippen LogP contribution in [0.15, 0.2) is 101 Å². The van der Waals surface area contributed by atoms with Crippen molar-refractivity contribution in [1.82, 2.24) is 34.6 Å². The fraction of sp³-hybridized carbons (Fsp3) is 0.321. The number of amides is 4. The van der Waals surface area contributed by atoms with E-state index in [-0.39, 0.29) is 73.7 Å². The average molecular weight is 1050 g/mol. The molecule has 1 atom stereocenters. The minimum Gasteiger partial charge on any atom is -0.392 e. The van der Waals surface area contributed by atoms with E-state index in [9.17, 15) is 33.9 Å². The number of hydrogen-bond donors (Lipinski definition) is 4. The molecule has 17 nitrogen and oxygen atoms in total. The largest absolute Gasteiger partial charge is 0.392 e. The van der Waals surface area contributed by atoms with Crippen molar-refractivity contribution in [2.24, 2.45) is 7.05 Å². The summed E-state index contributed by atoms with van der Waals surface area (Å²) in [5.74, 6) is -0.813. The normalized spacial score (nSPS) is 16.7. The number of ether oxygens (including phenoxy) is 1. The Labute approximate surface area is 440 Å². The Morgan fingerprint density at radius 3 is 2.46 bits per heavy atom. The maximum Gasteiger partial charge on any atom is 0.274 e. The summed E-state index contributed by atoms with van der Waals surface area (Å²) in [6.45, 7) is 9.02. The van der Waals surface area contributed by atoms with Gasteiger partial charge in [-0.05, 0) is 78.1 Å². The molecule has 0 spiro atoms. The topological polar surface area (TPSA) is 200 Å². The molecule has 4 N–H and O–H groups in total. The zero-order valence-electron chi connectivity index (χ0n) is 39.9. The molecule has 6 heterocycles. The van der Waals surface area contributed by atoms with Crippen molar-refractivity contribution < 1.29 is 66.1 Å². The summed E-state index contributed by atoms with van der Waals surface area (Å²) < 4.78 is 23.7. The Kier molecular flexibility index (Phi) is 16.5. The smallest absolute Gasteiger partial charge is 0.274 e. The molecule has 371 valence electrons. The third-order valence-electron chi connectivity index (χ3n) is 13.3. The molecule has 3 aromatic carbocycles. The van der Waals surface area contributed by atoms with Crippen LogP contribution in [0, 0.1) is 18.8 Å². The van der Waals surface area contributed by atoms with E-state index in [0.29, 0.717) is 83.5 Å². The molecule has 10 rings (SSSR count). The Hall–Kier alpha value is -6.57. The molecule has 3 fully saturated rings. The number of fused-ring (bicyclic) bond motifs is 2. The molecular formula is C53H54FN9O8Y-2. The molecule has 0 bridgehead atoms. The van der Waals surface area contributed by atoms with Crippen LogP contribution in [0.1, 0.15) is 58.6 Å². The van der Waals surface area contributed by atoms with Crippen molar-refractivity contribution in [3.05, 3.63) is 153 Å². The van der Waals surface area contributed by atoms with E-state index in [1.54, 1.807) is 68.1 Å². The average Bonchev–Trinajstić information content (AvgIpc) is 4.17. The van der Waals surface area contributed by atoms with E-state index in [0.717, 1.165) is 62.4 Å². The third-order valence-corrected chi connectivity index (χ3v) is 13.3. The number of rotatable bonds is 14. The number of piperazine rings is 1. The molecule has 2 saturated heterocycles. The summed E-state index contributed by atoms with van der Waals surface area (Å²) in [5, 5.41) is 19.3. The molecule has 6 aromatic rings. The van der Waals surface area contributed by atoms with E-state index in [1.165, 1.54) is 20.1 Å². The molecule has 3 aromatic heterocycles. The van der Waals surface area contributed by atoms with Crippen LogP contribution in [0.25, 0.3) is 27.6 Å². The first-order valence-electron chi connectivity index (χ1n) is 23.7. The van der Waals surface area contributed by atoms with Crippen molar-refractivity contribution in [3.8, 4) is 16.8 Å². The van der Waals surface area contributed by atoms with Crippen LogP contribution in [0.5, 0.6) is 0 Å². The summed E-state index contributed by atoms with van der Waals surface area (Å²) in [6, 6.07) is 23.6. The minimum absolute atomic E-state index is 0. The van der Waals surface area contributed by atoms with Crippen LogP contribution in [-0.4, -0.2) is 111 Å². The zero-order chi connectivity index (χ0) is 49.8. The number of pyridine rings is 3. The van der Waals surface area contributed by atoms with Gasteiger partial charge in [0.25, 0.3) is 11.1 Å². The quantitative estimate of drug-likeness (QED) is 0.0685. The number of halogens is 1. The van der Waals surface area contributed by atoms with E-state index >= 15 is 4.39 Å². The molecular weight excluding hydrogens is 999 g/mol. The van der Waals surface area contributed by atoms with E-state index in [1.807, 2.05) is 24.3 Å². The molecule has 1 radical (unpaired) electrons. The van der Waals surface area contributed by atoms with Crippen molar-refractivity contribution in [3.63, 3.8) is 0 Å². The maximum atomic E-state index is 15.3. The number of carbonyl (C=O) groups excluding carboxylic acids is 4. The van der Waals surface area contributed by atoms with E-state index < -0.39 is 24.0 Å². The number of piperidine rings is 1. The Morgan fingerprint density at radius 1 is 0.958 bits per heavy atom. The first-order valence-corrected chi connectivity index (χ1v) is 23.7. The third kappa shape index (κ3) is 11.5. The van der Waals surface area contributed by atoms with Crippen LogP contribution in [0.4, 0.5) is 21.6 Å². The van der Waals surface area contributed by atoms with Gasteiger partial charge in [0.15, 0.2) is 5.91 Å². The van der Waals surface area contributed by atoms with Crippen molar-refractivity contribution >= 4 is 51.6 Å². The van der Waals surface area contributed by atoms with Gasteiger partial charge in [-0.2, -0.15) is 24.3 Å². The Bertz CT molecular complexity index is 3130. The first kappa shape index (κ1) is 51.8. The Morgan fingerprint density at radius 2 is 1.75 bits per heavy atom. The number of aliphatic hydroxyl groups excluding tert-OH is 1. The van der Waals surface area contributed by atoms with Gasteiger partial charge in [-0.25, -0.2) is 9.37 Å². The monoisotopic (exact) mass is 1050 g/mol. The fourth-order valence-electron chi connectivity index (χ4n) is 9.38. The summed E-state index contributed by atoms with van der Waals surface area (Å²) >= 11 is 0. The summed E-state index contributed by atoms with van der Waals surface area (Å²) in [6.07, 6.45) is 7.82. The second kappa shape index (κ2) is 22.9. The molecule has 19 heteroatoms. The predicted molar refractivity (Wildman–Crippen MR) is 265 cm³/mol. The van der Waals surface area contributed by atoms with Crippen LogP contribution < -0.4 is 32.0 Å². The van der Waals surface area contributed by atoms with Gasteiger partial charge in [-0.1, -0.05) is 23.8 Å². The summed E-state index contributed by atoms with van der Waals surface area (Å²) in [7, 11) is 1.65. The molecule has 4 amide bonds. The first-order chi connectivity index (χ1) is 34.4. The van der Waals surface area contributed by atoms with Crippen molar-refractivity contribution in [1.29, 1.82) is 0 Å². The fourth-order valence-corrected chi connectivity index (χ4v) is 9.38. The molecule has 4 aliphatic rings. The van der Waals surface area contributed by atoms with Crippen LogP contribution in [-0.2, 0) is 72.0 Å². The number of aromatic nitrogens is 3. The van der Waals surface area contributed by atoms with Crippen LogP contribution in [0.3, 0.4) is 0 Å². The number of carbonyl (C=O) groups is 4. The van der Waals surface area contributed by atoms with Gasteiger partial charge in [0.05, 0.1) is 48.7 Å². The van der Waals surface area contributed by atoms with Gasteiger partial charge in [-0.15, -0.1) is 5.56 Å². The van der Waals surface area contributed by atoms with Gasteiger partial charge >= 0.3 is 0 Å². The maximum absolute atomic E-state index is 15.3. The standard InChI is InChI=1S/C40H43FN7O5.C13H11N2O3.Y/c1-26(50)42-11-18-53-19-17-46-13-15-47(16-14-46)31-8-9-37(43-23-31)44-35-22-30(24-45(2)39(35)51)32-4-3-5-36(33(32)25-49)48-12-10-28-20-29(27-6-7-27)21-34(41)38(28)40(48)52;16-11-6-5-10(12(17)14-11)15-7-8-3-1-2-4-9(8)13(15)18;/h3-5,8-10,12,20-24,27,49H,1,6-7,11,13-19,25H2,2H3,(H,42,50)(H,43,44);1-2,4,10H,5-7H2,(H,14,16,17);/q2*-1;. The molecule has 1 unspecified atom stereocenters. The second-order valence-corrected chi connectivity index (χ2v) is 18.0. The van der Waals surface area contributed by atoms with Crippen LogP contribution in [0.2, 0.25) is 0 Å². The minimum atomic E-state index is -0.545. The zero-order valence-corrected chi connectivity index (χ0v) is 42.7. The van der Waals surface area contributed by atoms with Crippen LogP contribution >= 0.6 is 0 Å². The van der Waals surface area contributed by atoms with E-state index in [2.05, 4.69) is 43.7 Å². The molecule has 1 saturated carbocycles. The number of benzene rings is 3.